The summed E-state index contributed by atoms with van der Waals surface area (Å²) in [5.41, 5.74) is 1.23. The Hall–Kier alpha value is -0.830. The summed E-state index contributed by atoms with van der Waals surface area (Å²) in [4.78, 5) is 0.401. The Balaban J connectivity index is 2.72. The van der Waals surface area contributed by atoms with E-state index in [1.807, 2.05) is 12.1 Å². The zero-order valence-electron chi connectivity index (χ0n) is 9.27. The van der Waals surface area contributed by atoms with Gasteiger partial charge in [-0.1, -0.05) is 38.8 Å². The molecule has 3 heteroatoms. The van der Waals surface area contributed by atoms with Crippen molar-refractivity contribution in [3.63, 3.8) is 0 Å². The van der Waals surface area contributed by atoms with Gasteiger partial charge in [-0.05, 0) is 30.0 Å². The molecule has 0 radical (unpaired) electrons. The second kappa shape index (κ2) is 5.91. The summed E-state index contributed by atoms with van der Waals surface area (Å²) < 4.78 is 21.4. The summed E-state index contributed by atoms with van der Waals surface area (Å²) in [5, 5.41) is 0. The zero-order chi connectivity index (χ0) is 11.3. The summed E-state index contributed by atoms with van der Waals surface area (Å²) >= 11 is 0. The van der Waals surface area contributed by atoms with Gasteiger partial charge in [-0.15, -0.1) is 0 Å². The van der Waals surface area contributed by atoms with Crippen LogP contribution in [0.2, 0.25) is 0 Å². The van der Waals surface area contributed by atoms with Crippen LogP contribution in [0, 0.1) is 5.92 Å². The normalized spacial score (nSPS) is 11.2. The summed E-state index contributed by atoms with van der Waals surface area (Å²) in [6.45, 7) is 4.38. The minimum absolute atomic E-state index is 0.401. The summed E-state index contributed by atoms with van der Waals surface area (Å²) in [6, 6.07) is 7.20. The molecule has 0 bridgehead atoms. The molecule has 0 heterocycles. The van der Waals surface area contributed by atoms with Crippen molar-refractivity contribution in [2.75, 3.05) is 0 Å². The molecule has 0 unspecified atom stereocenters. The quantitative estimate of drug-likeness (QED) is 0.783. The van der Waals surface area contributed by atoms with Crippen molar-refractivity contribution < 1.29 is 8.42 Å². The maximum absolute atomic E-state index is 10.7. The largest absolute Gasteiger partial charge is 0.227 e. The molecule has 0 aliphatic carbocycles. The summed E-state index contributed by atoms with van der Waals surface area (Å²) in [5.74, 6) is 0.705. The van der Waals surface area contributed by atoms with Crippen LogP contribution >= 0.6 is 0 Å². The molecule has 0 atom stereocenters. The van der Waals surface area contributed by atoms with Crippen LogP contribution in [0.25, 0.3) is 0 Å². The second-order valence-electron chi connectivity index (χ2n) is 3.81. The Bertz CT molecular complexity index is 354. The molecule has 1 aromatic carbocycles. The first-order valence-electron chi connectivity index (χ1n) is 5.40. The fourth-order valence-electron chi connectivity index (χ4n) is 1.66. The van der Waals surface area contributed by atoms with Gasteiger partial charge in [0.05, 0.1) is 4.90 Å². The molecule has 0 amide bonds. The van der Waals surface area contributed by atoms with E-state index in [2.05, 4.69) is 13.8 Å². The molecule has 1 aromatic rings. The topological polar surface area (TPSA) is 34.1 Å². The molecule has 0 fully saturated rings. The highest BCUT2D eigenvalue weighted by molar-refractivity contribution is 7.72. The van der Waals surface area contributed by atoms with Gasteiger partial charge in [0.2, 0.25) is 0 Å². The van der Waals surface area contributed by atoms with Crippen molar-refractivity contribution in [3.8, 4) is 0 Å². The van der Waals surface area contributed by atoms with Crippen LogP contribution in [0.15, 0.2) is 29.2 Å². The Morgan fingerprint density at radius 3 is 2.00 bits per heavy atom. The van der Waals surface area contributed by atoms with E-state index in [1.165, 1.54) is 18.4 Å². The molecular formula is C12H18O2S. The molecule has 15 heavy (non-hydrogen) atoms. The fraction of sp³-hybridized carbons (Fsp3) is 0.500. The lowest BCUT2D eigenvalue weighted by Crippen LogP contribution is -2.01. The second-order valence-corrected chi connectivity index (χ2v) is 4.84. The lowest BCUT2D eigenvalue weighted by Gasteiger charge is -2.11. The third-order valence-electron chi connectivity index (χ3n) is 2.83. The van der Waals surface area contributed by atoms with E-state index < -0.39 is 10.7 Å². The molecule has 0 aromatic heterocycles. The van der Waals surface area contributed by atoms with Crippen molar-refractivity contribution in [2.45, 2.75) is 38.0 Å². The lowest BCUT2D eigenvalue weighted by molar-refractivity contribution is 0.490. The third-order valence-corrected chi connectivity index (χ3v) is 3.55. The van der Waals surface area contributed by atoms with Gasteiger partial charge in [-0.25, -0.2) is 8.42 Å². The summed E-state index contributed by atoms with van der Waals surface area (Å²) in [7, 11) is -2.44. The van der Waals surface area contributed by atoms with Crippen molar-refractivity contribution in [1.82, 2.24) is 0 Å². The van der Waals surface area contributed by atoms with Crippen LogP contribution in [0.1, 0.15) is 32.3 Å². The SMILES string of the molecule is CCC(CC)Cc1ccc([SH](=O)=O)cc1. The minimum atomic E-state index is -2.44. The highest BCUT2D eigenvalue weighted by atomic mass is 32.2. The van der Waals surface area contributed by atoms with E-state index in [-0.39, 0.29) is 0 Å². The van der Waals surface area contributed by atoms with Gasteiger partial charge in [0.15, 0.2) is 10.7 Å². The predicted molar refractivity (Wildman–Crippen MR) is 62.8 cm³/mol. The van der Waals surface area contributed by atoms with Crippen LogP contribution in [0.5, 0.6) is 0 Å². The van der Waals surface area contributed by atoms with Crippen LogP contribution in [-0.4, -0.2) is 8.42 Å². The van der Waals surface area contributed by atoms with Crippen molar-refractivity contribution in [3.05, 3.63) is 29.8 Å². The van der Waals surface area contributed by atoms with Crippen molar-refractivity contribution >= 4 is 10.7 Å². The maximum atomic E-state index is 10.7. The van der Waals surface area contributed by atoms with Gasteiger partial charge in [0.25, 0.3) is 0 Å². The summed E-state index contributed by atoms with van der Waals surface area (Å²) in [6.07, 6.45) is 3.39. The smallest absolute Gasteiger partial charge is 0.168 e. The highest BCUT2D eigenvalue weighted by Crippen LogP contribution is 2.16. The molecule has 0 aliphatic heterocycles. The van der Waals surface area contributed by atoms with E-state index in [0.29, 0.717) is 10.8 Å². The number of rotatable bonds is 5. The average molecular weight is 226 g/mol. The van der Waals surface area contributed by atoms with Gasteiger partial charge in [0.1, 0.15) is 0 Å². The van der Waals surface area contributed by atoms with E-state index >= 15 is 0 Å². The lowest BCUT2D eigenvalue weighted by atomic mass is 9.95. The molecule has 0 saturated heterocycles. The predicted octanol–water partition coefficient (Wildman–Crippen LogP) is 2.64. The van der Waals surface area contributed by atoms with Gasteiger partial charge in [0, 0.05) is 0 Å². The molecule has 0 spiro atoms. The van der Waals surface area contributed by atoms with Gasteiger partial charge < -0.3 is 0 Å². The molecule has 1 rings (SSSR count). The first kappa shape index (κ1) is 12.2. The maximum Gasteiger partial charge on any atom is 0.168 e. The molecular weight excluding hydrogens is 208 g/mol. The first-order valence-corrected chi connectivity index (χ1v) is 6.58. The number of hydrogen-bond donors (Lipinski definition) is 1. The van der Waals surface area contributed by atoms with E-state index in [1.54, 1.807) is 12.1 Å². The molecule has 0 aliphatic rings. The van der Waals surface area contributed by atoms with E-state index in [0.717, 1.165) is 6.42 Å². The molecule has 84 valence electrons. The molecule has 2 nitrogen and oxygen atoms in total. The Labute approximate surface area is 93.3 Å². The van der Waals surface area contributed by atoms with E-state index in [4.69, 9.17) is 0 Å². The van der Waals surface area contributed by atoms with Crippen LogP contribution in [-0.2, 0) is 17.1 Å². The first-order chi connectivity index (χ1) is 7.17. The van der Waals surface area contributed by atoms with E-state index in [9.17, 15) is 8.42 Å². The molecule has 0 N–H and O–H groups in total. The number of benzene rings is 1. The van der Waals surface area contributed by atoms with Crippen molar-refractivity contribution in [1.29, 1.82) is 0 Å². The Kier molecular flexibility index (Phi) is 4.82. The minimum Gasteiger partial charge on any atom is -0.227 e. The van der Waals surface area contributed by atoms with Gasteiger partial charge >= 0.3 is 0 Å². The fourth-order valence-corrected chi connectivity index (χ4v) is 2.06. The van der Waals surface area contributed by atoms with Crippen molar-refractivity contribution in [2.24, 2.45) is 5.92 Å². The standard InChI is InChI=1S/C12H18O2S/c1-3-10(4-2)9-11-5-7-12(8-6-11)15(13)14/h5-8,10,15H,3-4,9H2,1-2H3. The van der Waals surface area contributed by atoms with Crippen LogP contribution in [0.4, 0.5) is 0 Å². The van der Waals surface area contributed by atoms with Crippen LogP contribution < -0.4 is 0 Å². The zero-order valence-corrected chi connectivity index (χ0v) is 10.2. The average Bonchev–Trinajstić information content (AvgIpc) is 2.26. The monoisotopic (exact) mass is 226 g/mol. The number of hydrogen-bond acceptors (Lipinski definition) is 2. The molecule has 0 saturated carbocycles. The third kappa shape index (κ3) is 3.67. The van der Waals surface area contributed by atoms with Crippen LogP contribution in [0.3, 0.4) is 0 Å². The number of thiol groups is 1. The highest BCUT2D eigenvalue weighted by Gasteiger charge is 2.04. The Morgan fingerprint density at radius 1 is 1.07 bits per heavy atom. The van der Waals surface area contributed by atoms with Gasteiger partial charge in [-0.2, -0.15) is 0 Å². The van der Waals surface area contributed by atoms with Gasteiger partial charge in [-0.3, -0.25) is 0 Å². The Morgan fingerprint density at radius 2 is 1.60 bits per heavy atom.